The Bertz CT molecular complexity index is 371. The van der Waals surface area contributed by atoms with E-state index in [1.165, 1.54) is 0 Å². The Hall–Kier alpha value is -1.51. The van der Waals surface area contributed by atoms with Crippen LogP contribution in [0.3, 0.4) is 0 Å². The maximum atomic E-state index is 10.8. The number of aryl methyl sites for hydroxylation is 1. The van der Waals surface area contributed by atoms with Gasteiger partial charge >= 0.3 is 5.97 Å². The smallest absolute Gasteiger partial charge is 0.303 e. The monoisotopic (exact) mass is 222 g/mol. The summed E-state index contributed by atoms with van der Waals surface area (Å²) < 4.78 is 0. The fourth-order valence-electron chi connectivity index (χ4n) is 2.04. The third-order valence-corrected chi connectivity index (χ3v) is 2.75. The average Bonchev–Trinajstić information content (AvgIpc) is 2.16. The van der Waals surface area contributed by atoms with Crippen molar-refractivity contribution in [1.29, 1.82) is 0 Å². The molecule has 0 heterocycles. The van der Waals surface area contributed by atoms with Crippen molar-refractivity contribution in [2.45, 2.75) is 39.0 Å². The van der Waals surface area contributed by atoms with Gasteiger partial charge in [0.2, 0.25) is 0 Å². The summed E-state index contributed by atoms with van der Waals surface area (Å²) in [6, 6.07) is 5.13. The van der Waals surface area contributed by atoms with Gasteiger partial charge in [-0.1, -0.05) is 19.4 Å². The van der Waals surface area contributed by atoms with E-state index in [4.69, 9.17) is 5.11 Å². The highest BCUT2D eigenvalue weighted by Gasteiger charge is 2.16. The molecule has 0 spiro atoms. The van der Waals surface area contributed by atoms with Gasteiger partial charge in [-0.15, -0.1) is 0 Å². The van der Waals surface area contributed by atoms with Gasteiger partial charge in [-0.3, -0.25) is 4.79 Å². The summed E-state index contributed by atoms with van der Waals surface area (Å²) in [6.07, 6.45) is 1.97. The Morgan fingerprint density at radius 2 is 2.12 bits per heavy atom. The van der Waals surface area contributed by atoms with E-state index >= 15 is 0 Å². The molecule has 1 rings (SSSR count). The maximum Gasteiger partial charge on any atom is 0.303 e. The third kappa shape index (κ3) is 3.26. The summed E-state index contributed by atoms with van der Waals surface area (Å²) >= 11 is 0. The summed E-state index contributed by atoms with van der Waals surface area (Å²) in [7, 11) is 0. The van der Waals surface area contributed by atoms with E-state index in [-0.39, 0.29) is 18.1 Å². The van der Waals surface area contributed by atoms with Crippen LogP contribution in [-0.4, -0.2) is 16.2 Å². The molecule has 1 aromatic rings. The molecule has 0 saturated carbocycles. The maximum absolute atomic E-state index is 10.8. The van der Waals surface area contributed by atoms with Gasteiger partial charge in [-0.25, -0.2) is 0 Å². The number of benzene rings is 1. The third-order valence-electron chi connectivity index (χ3n) is 2.75. The lowest BCUT2D eigenvalue weighted by Gasteiger charge is -2.17. The number of aromatic hydroxyl groups is 1. The second-order valence-electron chi connectivity index (χ2n) is 4.12. The number of hydrogen-bond acceptors (Lipinski definition) is 2. The molecule has 1 atom stereocenters. The zero-order valence-corrected chi connectivity index (χ0v) is 9.73. The molecular weight excluding hydrogens is 204 g/mol. The number of carboxylic acids is 1. The molecule has 0 amide bonds. The molecule has 0 aliphatic rings. The summed E-state index contributed by atoms with van der Waals surface area (Å²) in [5, 5.41) is 18.2. The van der Waals surface area contributed by atoms with Crippen LogP contribution in [0, 0.1) is 6.92 Å². The van der Waals surface area contributed by atoms with Crippen LogP contribution in [0.5, 0.6) is 5.75 Å². The van der Waals surface area contributed by atoms with Crippen molar-refractivity contribution < 1.29 is 15.0 Å². The van der Waals surface area contributed by atoms with Crippen LogP contribution in [0.25, 0.3) is 0 Å². The molecule has 1 unspecified atom stereocenters. The van der Waals surface area contributed by atoms with Crippen molar-refractivity contribution in [3.05, 3.63) is 29.3 Å². The van der Waals surface area contributed by atoms with Crippen molar-refractivity contribution in [3.63, 3.8) is 0 Å². The van der Waals surface area contributed by atoms with Crippen LogP contribution in [0.15, 0.2) is 18.2 Å². The van der Waals surface area contributed by atoms with Crippen LogP contribution in [0.2, 0.25) is 0 Å². The van der Waals surface area contributed by atoms with Gasteiger partial charge in [0, 0.05) is 0 Å². The molecule has 1 aromatic carbocycles. The van der Waals surface area contributed by atoms with Crippen molar-refractivity contribution >= 4 is 5.97 Å². The largest absolute Gasteiger partial charge is 0.508 e. The minimum absolute atomic E-state index is 0.0445. The molecule has 0 aromatic heterocycles. The van der Waals surface area contributed by atoms with Crippen molar-refractivity contribution in [3.8, 4) is 5.75 Å². The Labute approximate surface area is 95.7 Å². The van der Waals surface area contributed by atoms with Gasteiger partial charge in [0.25, 0.3) is 0 Å². The fraction of sp³-hybridized carbons (Fsp3) is 0.462. The van der Waals surface area contributed by atoms with Crippen LogP contribution < -0.4 is 0 Å². The van der Waals surface area contributed by atoms with Crippen LogP contribution in [0.4, 0.5) is 0 Å². The minimum Gasteiger partial charge on any atom is -0.508 e. The molecular formula is C13H18O3. The summed E-state index contributed by atoms with van der Waals surface area (Å²) in [6.45, 7) is 3.95. The number of carbonyl (C=O) groups is 1. The van der Waals surface area contributed by atoms with Crippen LogP contribution in [0.1, 0.15) is 43.2 Å². The molecule has 0 radical (unpaired) electrons. The molecule has 0 aliphatic carbocycles. The zero-order valence-electron chi connectivity index (χ0n) is 9.73. The Balaban J connectivity index is 2.95. The standard InChI is InChI=1S/C13H18O3/c1-3-4-10(8-13(15)16)12-6-5-11(14)7-9(12)2/h5-7,10,14H,3-4,8H2,1-2H3,(H,15,16). The Morgan fingerprint density at radius 1 is 1.44 bits per heavy atom. The van der Waals surface area contributed by atoms with E-state index in [2.05, 4.69) is 0 Å². The molecule has 88 valence electrons. The fourth-order valence-corrected chi connectivity index (χ4v) is 2.04. The molecule has 3 heteroatoms. The first-order valence-corrected chi connectivity index (χ1v) is 5.56. The highest BCUT2D eigenvalue weighted by molar-refractivity contribution is 5.68. The Kier molecular flexibility index (Phi) is 4.35. The lowest BCUT2D eigenvalue weighted by atomic mass is 9.88. The molecule has 0 aliphatic heterocycles. The first-order valence-electron chi connectivity index (χ1n) is 5.56. The van der Waals surface area contributed by atoms with E-state index in [1.807, 2.05) is 19.9 Å². The summed E-state index contributed by atoms with van der Waals surface area (Å²) in [5.74, 6) is -0.499. The lowest BCUT2D eigenvalue weighted by Crippen LogP contribution is -2.07. The van der Waals surface area contributed by atoms with Crippen molar-refractivity contribution in [2.75, 3.05) is 0 Å². The van der Waals surface area contributed by atoms with E-state index in [0.717, 1.165) is 24.0 Å². The van der Waals surface area contributed by atoms with E-state index in [9.17, 15) is 9.90 Å². The molecule has 0 bridgehead atoms. The van der Waals surface area contributed by atoms with Gasteiger partial charge in [-0.05, 0) is 42.5 Å². The Morgan fingerprint density at radius 3 is 2.62 bits per heavy atom. The van der Waals surface area contributed by atoms with Gasteiger partial charge in [0.05, 0.1) is 6.42 Å². The van der Waals surface area contributed by atoms with E-state index < -0.39 is 5.97 Å². The predicted octanol–water partition coefficient (Wildman–Crippen LogP) is 3.06. The number of carboxylic acid groups (broad SMARTS) is 1. The first-order chi connectivity index (χ1) is 7.54. The van der Waals surface area contributed by atoms with Crippen LogP contribution >= 0.6 is 0 Å². The second-order valence-corrected chi connectivity index (χ2v) is 4.12. The van der Waals surface area contributed by atoms with E-state index in [0.29, 0.717) is 0 Å². The lowest BCUT2D eigenvalue weighted by molar-refractivity contribution is -0.137. The topological polar surface area (TPSA) is 57.5 Å². The van der Waals surface area contributed by atoms with E-state index in [1.54, 1.807) is 12.1 Å². The van der Waals surface area contributed by atoms with Crippen LogP contribution in [-0.2, 0) is 4.79 Å². The first kappa shape index (κ1) is 12.6. The predicted molar refractivity (Wildman–Crippen MR) is 62.7 cm³/mol. The van der Waals surface area contributed by atoms with Gasteiger partial charge in [-0.2, -0.15) is 0 Å². The molecule has 0 saturated heterocycles. The highest BCUT2D eigenvalue weighted by Crippen LogP contribution is 2.29. The number of hydrogen-bond donors (Lipinski definition) is 2. The summed E-state index contributed by atoms with van der Waals surface area (Å²) in [4.78, 5) is 10.8. The molecule has 2 N–H and O–H groups in total. The number of phenolic OH excluding ortho intramolecular Hbond substituents is 1. The van der Waals surface area contributed by atoms with Gasteiger partial charge in [0.1, 0.15) is 5.75 Å². The van der Waals surface area contributed by atoms with Crippen molar-refractivity contribution in [2.24, 2.45) is 0 Å². The number of phenols is 1. The number of aliphatic carboxylic acids is 1. The number of rotatable bonds is 5. The normalized spacial score (nSPS) is 12.4. The SMILES string of the molecule is CCCC(CC(=O)O)c1ccc(O)cc1C. The van der Waals surface area contributed by atoms with Crippen molar-refractivity contribution in [1.82, 2.24) is 0 Å². The second kappa shape index (κ2) is 5.54. The summed E-state index contributed by atoms with van der Waals surface area (Å²) in [5.41, 5.74) is 1.99. The zero-order chi connectivity index (χ0) is 12.1. The highest BCUT2D eigenvalue weighted by atomic mass is 16.4. The average molecular weight is 222 g/mol. The molecule has 16 heavy (non-hydrogen) atoms. The quantitative estimate of drug-likeness (QED) is 0.805. The minimum atomic E-state index is -0.772. The molecule has 0 fully saturated rings. The van der Waals surface area contributed by atoms with Gasteiger partial charge < -0.3 is 10.2 Å². The van der Waals surface area contributed by atoms with Gasteiger partial charge in [0.15, 0.2) is 0 Å². The molecule has 3 nitrogen and oxygen atoms in total.